The van der Waals surface area contributed by atoms with E-state index in [0.717, 1.165) is 59.8 Å². The Kier molecular flexibility index (Phi) is 5.87. The van der Waals surface area contributed by atoms with Crippen molar-refractivity contribution in [1.82, 2.24) is 29.3 Å². The zero-order chi connectivity index (χ0) is 23.3. The number of hydrogen-bond donors (Lipinski definition) is 0. The highest BCUT2D eigenvalue weighted by molar-refractivity contribution is 7.51. The van der Waals surface area contributed by atoms with Crippen LogP contribution in [0.1, 0.15) is 44.3 Å². The number of rotatable bonds is 4. The van der Waals surface area contributed by atoms with E-state index in [9.17, 15) is 4.79 Å². The van der Waals surface area contributed by atoms with E-state index in [0.29, 0.717) is 14.6 Å². The maximum atomic E-state index is 13.2. The molecule has 2 aromatic heterocycles. The van der Waals surface area contributed by atoms with Crippen molar-refractivity contribution in [2.75, 3.05) is 26.2 Å². The van der Waals surface area contributed by atoms with Crippen molar-refractivity contribution in [3.63, 3.8) is 0 Å². The van der Waals surface area contributed by atoms with Gasteiger partial charge in [0, 0.05) is 43.3 Å². The number of amides is 1. The maximum absolute atomic E-state index is 13.2. The molecule has 8 heteroatoms. The largest absolute Gasteiger partial charge is 0.368 e. The molecular weight excluding hydrogens is 431 g/mol. The molecule has 0 radical (unpaired) electrons. The maximum Gasteiger partial charge on any atom is 0.252 e. The van der Waals surface area contributed by atoms with Crippen LogP contribution in [-0.4, -0.2) is 73.2 Å². The minimum absolute atomic E-state index is 0.0412. The van der Waals surface area contributed by atoms with Gasteiger partial charge in [-0.25, -0.2) is 4.52 Å². The molecule has 2 aromatic rings. The molecule has 1 saturated heterocycles. The molecule has 33 heavy (non-hydrogen) atoms. The quantitative estimate of drug-likeness (QED) is 0.645. The van der Waals surface area contributed by atoms with Crippen molar-refractivity contribution in [2.45, 2.75) is 52.9 Å². The number of aromatic nitrogens is 3. The van der Waals surface area contributed by atoms with Crippen LogP contribution in [0.3, 0.4) is 0 Å². The summed E-state index contributed by atoms with van der Waals surface area (Å²) in [6.07, 6.45) is 9.26. The third-order valence-corrected chi connectivity index (χ3v) is 8.57. The SMILES string of the molecule is CCCN1CCN(C2=CN3C(=O)C=C(c4cc5c(C)nc(C)cn5n4)PC3C(C)=C2)C[C@H]1C. The number of hydrogen-bond acceptors (Lipinski definition) is 5. The van der Waals surface area contributed by atoms with E-state index in [4.69, 9.17) is 5.10 Å². The average molecular weight is 465 g/mol. The van der Waals surface area contributed by atoms with Crippen LogP contribution in [0, 0.1) is 13.8 Å². The van der Waals surface area contributed by atoms with Crippen LogP contribution >= 0.6 is 8.58 Å². The van der Waals surface area contributed by atoms with Crippen molar-refractivity contribution in [2.24, 2.45) is 0 Å². The number of nitrogens with zero attached hydrogens (tertiary/aromatic N) is 6. The Bertz CT molecular complexity index is 1190. The van der Waals surface area contributed by atoms with Crippen LogP contribution in [0.4, 0.5) is 0 Å². The lowest BCUT2D eigenvalue weighted by Gasteiger charge is -2.44. The first kappa shape index (κ1) is 22.3. The van der Waals surface area contributed by atoms with E-state index < -0.39 is 0 Å². The van der Waals surface area contributed by atoms with Crippen LogP contribution in [-0.2, 0) is 4.79 Å². The van der Waals surface area contributed by atoms with E-state index in [1.807, 2.05) is 29.5 Å². The molecule has 1 fully saturated rings. The first-order valence-corrected chi connectivity index (χ1v) is 13.0. The van der Waals surface area contributed by atoms with E-state index >= 15 is 0 Å². The van der Waals surface area contributed by atoms with Crippen LogP contribution in [0.5, 0.6) is 0 Å². The van der Waals surface area contributed by atoms with Crippen molar-refractivity contribution in [1.29, 1.82) is 0 Å². The topological polar surface area (TPSA) is 57.0 Å². The Balaban J connectivity index is 1.40. The molecule has 5 rings (SSSR count). The van der Waals surface area contributed by atoms with Crippen LogP contribution < -0.4 is 0 Å². The second-order valence-corrected chi connectivity index (χ2v) is 10.8. The van der Waals surface area contributed by atoms with Gasteiger partial charge in [0.1, 0.15) is 0 Å². The summed E-state index contributed by atoms with van der Waals surface area (Å²) >= 11 is 0. The predicted molar refractivity (Wildman–Crippen MR) is 134 cm³/mol. The van der Waals surface area contributed by atoms with Gasteiger partial charge in [0.15, 0.2) is 0 Å². The number of piperazine rings is 1. The van der Waals surface area contributed by atoms with Crippen LogP contribution in [0.25, 0.3) is 10.8 Å². The Morgan fingerprint density at radius 3 is 2.76 bits per heavy atom. The molecule has 0 aromatic carbocycles. The Hall–Kier alpha value is -2.50. The Morgan fingerprint density at radius 2 is 2.00 bits per heavy atom. The lowest BCUT2D eigenvalue weighted by molar-refractivity contribution is -0.124. The summed E-state index contributed by atoms with van der Waals surface area (Å²) in [6.45, 7) is 14.9. The molecule has 3 aliphatic rings. The molecule has 174 valence electrons. The predicted octanol–water partition coefficient (Wildman–Crippen LogP) is 3.75. The minimum atomic E-state index is 0.0412. The number of aryl methyl sites for hydroxylation is 2. The summed E-state index contributed by atoms with van der Waals surface area (Å²) in [5.74, 6) is 0.116. The zero-order valence-electron chi connectivity index (χ0n) is 20.2. The first-order valence-electron chi connectivity index (χ1n) is 11.9. The lowest BCUT2D eigenvalue weighted by Crippen LogP contribution is -2.52. The van der Waals surface area contributed by atoms with Gasteiger partial charge in [0.25, 0.3) is 5.91 Å². The molecule has 5 heterocycles. The van der Waals surface area contributed by atoms with Gasteiger partial charge in [0.05, 0.1) is 40.3 Å². The van der Waals surface area contributed by atoms with Gasteiger partial charge in [-0.05, 0) is 58.4 Å². The van der Waals surface area contributed by atoms with Crippen molar-refractivity contribution >= 4 is 25.3 Å². The molecule has 0 spiro atoms. The van der Waals surface area contributed by atoms with Crippen LogP contribution in [0.15, 0.2) is 41.9 Å². The fraction of sp³-hybridized carbons (Fsp3) is 0.480. The van der Waals surface area contributed by atoms with Gasteiger partial charge in [-0.15, -0.1) is 0 Å². The molecule has 7 nitrogen and oxygen atoms in total. The number of carbonyl (C=O) groups is 1. The van der Waals surface area contributed by atoms with E-state index in [2.05, 4.69) is 53.9 Å². The van der Waals surface area contributed by atoms with E-state index in [-0.39, 0.29) is 11.7 Å². The second-order valence-electron chi connectivity index (χ2n) is 9.45. The molecule has 0 N–H and O–H groups in total. The number of carbonyl (C=O) groups excluding carboxylic acids is 1. The van der Waals surface area contributed by atoms with Gasteiger partial charge in [-0.2, -0.15) is 5.10 Å². The highest BCUT2D eigenvalue weighted by Gasteiger charge is 2.34. The molecule has 3 aliphatic heterocycles. The van der Waals surface area contributed by atoms with Gasteiger partial charge < -0.3 is 9.80 Å². The highest BCUT2D eigenvalue weighted by atomic mass is 31.1. The van der Waals surface area contributed by atoms with Gasteiger partial charge in [-0.1, -0.05) is 15.5 Å². The average Bonchev–Trinajstić information content (AvgIpc) is 3.20. The Labute approximate surface area is 197 Å². The first-order chi connectivity index (χ1) is 15.8. The monoisotopic (exact) mass is 464 g/mol. The highest BCUT2D eigenvalue weighted by Crippen LogP contribution is 2.47. The fourth-order valence-electron chi connectivity index (χ4n) is 5.14. The molecule has 2 unspecified atom stereocenters. The fourth-order valence-corrected chi connectivity index (χ4v) is 6.56. The molecule has 0 aliphatic carbocycles. The van der Waals surface area contributed by atoms with E-state index in [1.165, 1.54) is 12.0 Å². The summed E-state index contributed by atoms with van der Waals surface area (Å²) in [4.78, 5) is 24.7. The summed E-state index contributed by atoms with van der Waals surface area (Å²) in [5, 5.41) is 5.79. The molecule has 0 bridgehead atoms. The third kappa shape index (κ3) is 4.13. The van der Waals surface area contributed by atoms with Crippen molar-refractivity contribution in [3.8, 4) is 0 Å². The second kappa shape index (κ2) is 8.69. The van der Waals surface area contributed by atoms with Gasteiger partial charge in [0.2, 0.25) is 0 Å². The summed E-state index contributed by atoms with van der Waals surface area (Å²) in [5.41, 5.74) is 6.16. The summed E-state index contributed by atoms with van der Waals surface area (Å²) in [7, 11) is 0.465. The minimum Gasteiger partial charge on any atom is -0.368 e. The molecule has 3 atom stereocenters. The van der Waals surface area contributed by atoms with Crippen molar-refractivity contribution in [3.05, 3.63) is 59.0 Å². The number of allylic oxidation sites excluding steroid dienone is 1. The summed E-state index contributed by atoms with van der Waals surface area (Å²) in [6, 6.07) is 2.58. The normalized spacial score (nSPS) is 24.8. The van der Waals surface area contributed by atoms with Crippen molar-refractivity contribution < 1.29 is 4.79 Å². The van der Waals surface area contributed by atoms with Crippen LogP contribution in [0.2, 0.25) is 0 Å². The molecular formula is C25H33N6OP. The zero-order valence-corrected chi connectivity index (χ0v) is 21.2. The molecule has 1 amide bonds. The van der Waals surface area contributed by atoms with E-state index in [1.54, 1.807) is 6.08 Å². The molecule has 0 saturated carbocycles. The summed E-state index contributed by atoms with van der Waals surface area (Å²) < 4.78 is 1.89. The van der Waals surface area contributed by atoms with Gasteiger partial charge in [-0.3, -0.25) is 14.7 Å². The number of fused-ring (bicyclic) bond motifs is 2. The third-order valence-electron chi connectivity index (χ3n) is 6.85. The smallest absolute Gasteiger partial charge is 0.252 e. The Morgan fingerprint density at radius 1 is 1.18 bits per heavy atom. The lowest BCUT2D eigenvalue weighted by atomic mass is 10.1. The standard InChI is InChI=1S/C25H33N6OP/c1-6-7-28-8-9-29(14-18(28)4)20-10-16(2)25-30(15-20)24(32)12-23(33-25)21-11-22-19(5)26-17(3)13-31(22)27-21/h10-13,15,18,25,33H,6-9,14H2,1-5H3/t18-,25?/m1/s1. The van der Waals surface area contributed by atoms with Gasteiger partial charge >= 0.3 is 0 Å².